The second-order valence-electron chi connectivity index (χ2n) is 9.57. The summed E-state index contributed by atoms with van der Waals surface area (Å²) < 4.78 is 5.66. The summed E-state index contributed by atoms with van der Waals surface area (Å²) in [5.74, 6) is 0.223. The summed E-state index contributed by atoms with van der Waals surface area (Å²) in [6.07, 6.45) is 17.5. The van der Waals surface area contributed by atoms with Crippen LogP contribution < -0.4 is 10.1 Å². The van der Waals surface area contributed by atoms with E-state index in [9.17, 15) is 4.79 Å². The van der Waals surface area contributed by atoms with Crippen molar-refractivity contribution in [2.75, 3.05) is 13.1 Å². The predicted molar refractivity (Wildman–Crippen MR) is 153 cm³/mol. The van der Waals surface area contributed by atoms with Gasteiger partial charge in [0.2, 0.25) is 0 Å². The van der Waals surface area contributed by atoms with Crippen molar-refractivity contribution in [3.8, 4) is 11.5 Å². The first-order valence-corrected chi connectivity index (χ1v) is 14.4. The molecule has 0 saturated heterocycles. The number of hydrogen-bond donors (Lipinski definition) is 2. The summed E-state index contributed by atoms with van der Waals surface area (Å²) >= 11 is 0. The Morgan fingerprint density at radius 2 is 1.17 bits per heavy atom. The molecule has 0 aliphatic heterocycles. The molecule has 0 fully saturated rings. The smallest absolute Gasteiger partial charge is 0.310 e. The molecule has 0 aliphatic carbocycles. The van der Waals surface area contributed by atoms with Crippen molar-refractivity contribution in [3.63, 3.8) is 0 Å². The largest absolute Gasteiger partial charge is 0.481 e. The van der Waals surface area contributed by atoms with Gasteiger partial charge in [0, 0.05) is 0 Å². The van der Waals surface area contributed by atoms with Crippen molar-refractivity contribution >= 4 is 5.97 Å². The van der Waals surface area contributed by atoms with Crippen LogP contribution in [0.15, 0.2) is 54.6 Å². The number of carboxylic acids is 1. The second-order valence-corrected chi connectivity index (χ2v) is 9.57. The lowest BCUT2D eigenvalue weighted by Gasteiger charge is -2.11. The van der Waals surface area contributed by atoms with Gasteiger partial charge in [-0.3, -0.25) is 4.79 Å². The van der Waals surface area contributed by atoms with Gasteiger partial charge in [0.1, 0.15) is 11.5 Å². The van der Waals surface area contributed by atoms with Gasteiger partial charge in [0.25, 0.3) is 0 Å². The fraction of sp³-hybridized carbons (Fsp3) is 0.594. The molecule has 0 spiro atoms. The number of benzene rings is 2. The normalized spacial score (nSPS) is 11.4. The minimum absolute atomic E-state index is 0.453. The number of carboxylic acid groups (broad SMARTS) is 1. The molecule has 0 aromatic heterocycles. The predicted octanol–water partition coefficient (Wildman–Crippen LogP) is 9.35. The standard InChI is InChI=1S/C16H35N.C16H16O3/c1-3-5-7-9-11-13-15-17-16-14-12-10-8-6-4-2;1-2-15(16(17)18)12-8-10-14(11-9-12)19-13-6-4-3-5-7-13/h17H,3-16H2,1-2H3;3-11,15H,2H2,1H3,(H,17,18). The number of rotatable bonds is 19. The maximum absolute atomic E-state index is 11.1. The first-order valence-electron chi connectivity index (χ1n) is 14.4. The number of carbonyl (C=O) groups is 1. The highest BCUT2D eigenvalue weighted by Crippen LogP contribution is 2.25. The highest BCUT2D eigenvalue weighted by Gasteiger charge is 2.17. The zero-order valence-electron chi connectivity index (χ0n) is 23.1. The monoisotopic (exact) mass is 497 g/mol. The van der Waals surface area contributed by atoms with Crippen LogP contribution in [0.25, 0.3) is 0 Å². The minimum atomic E-state index is -0.792. The van der Waals surface area contributed by atoms with Gasteiger partial charge in [-0.05, 0) is 62.2 Å². The van der Waals surface area contributed by atoms with Crippen molar-refractivity contribution in [1.82, 2.24) is 5.32 Å². The molecular formula is C32H51NO3. The van der Waals surface area contributed by atoms with Gasteiger partial charge in [-0.25, -0.2) is 0 Å². The quantitative estimate of drug-likeness (QED) is 0.190. The molecule has 202 valence electrons. The molecule has 4 heteroatoms. The zero-order chi connectivity index (χ0) is 26.3. The molecule has 0 radical (unpaired) electrons. The Kier molecular flexibility index (Phi) is 19.3. The number of para-hydroxylation sites is 1. The lowest BCUT2D eigenvalue weighted by molar-refractivity contribution is -0.138. The van der Waals surface area contributed by atoms with E-state index >= 15 is 0 Å². The summed E-state index contributed by atoms with van der Waals surface area (Å²) in [6.45, 7) is 8.90. The second kappa shape index (κ2) is 21.9. The molecule has 0 aliphatic rings. The number of unbranched alkanes of at least 4 members (excludes halogenated alkanes) is 10. The third kappa shape index (κ3) is 15.6. The van der Waals surface area contributed by atoms with Crippen LogP contribution in [-0.4, -0.2) is 24.2 Å². The van der Waals surface area contributed by atoms with E-state index in [1.165, 1.54) is 90.1 Å². The lowest BCUT2D eigenvalue weighted by atomic mass is 9.97. The highest BCUT2D eigenvalue weighted by atomic mass is 16.5. The molecule has 0 saturated carbocycles. The number of ether oxygens (including phenoxy) is 1. The van der Waals surface area contributed by atoms with Crippen LogP contribution in [0.5, 0.6) is 11.5 Å². The Labute approximate surface area is 220 Å². The molecule has 4 nitrogen and oxygen atoms in total. The first kappa shape index (κ1) is 31.7. The third-order valence-corrected chi connectivity index (χ3v) is 6.38. The molecule has 0 bridgehead atoms. The van der Waals surface area contributed by atoms with Gasteiger partial charge in [0.15, 0.2) is 0 Å². The maximum Gasteiger partial charge on any atom is 0.310 e. The Bertz CT molecular complexity index is 747. The van der Waals surface area contributed by atoms with Crippen molar-refractivity contribution in [2.45, 2.75) is 110 Å². The first-order chi connectivity index (χ1) is 17.6. The molecular weight excluding hydrogens is 446 g/mol. The van der Waals surface area contributed by atoms with E-state index in [4.69, 9.17) is 9.84 Å². The van der Waals surface area contributed by atoms with E-state index in [1.807, 2.05) is 37.3 Å². The van der Waals surface area contributed by atoms with Crippen LogP contribution in [-0.2, 0) is 4.79 Å². The summed E-state index contributed by atoms with van der Waals surface area (Å²) in [5, 5.41) is 12.7. The van der Waals surface area contributed by atoms with Gasteiger partial charge in [-0.2, -0.15) is 0 Å². The van der Waals surface area contributed by atoms with Crippen LogP contribution in [0, 0.1) is 0 Å². The van der Waals surface area contributed by atoms with E-state index in [2.05, 4.69) is 19.2 Å². The lowest BCUT2D eigenvalue weighted by Crippen LogP contribution is -2.16. The molecule has 1 atom stereocenters. The SMILES string of the molecule is CCC(C(=O)O)c1ccc(Oc2ccccc2)cc1.CCCCCCCCNCCCCCCCC. The van der Waals surface area contributed by atoms with Crippen molar-refractivity contribution in [3.05, 3.63) is 60.2 Å². The average molecular weight is 498 g/mol. The van der Waals surface area contributed by atoms with Gasteiger partial charge in [-0.1, -0.05) is 115 Å². The van der Waals surface area contributed by atoms with Gasteiger partial charge in [0.05, 0.1) is 5.92 Å². The number of nitrogens with one attached hydrogen (secondary N) is 1. The third-order valence-electron chi connectivity index (χ3n) is 6.38. The van der Waals surface area contributed by atoms with Crippen LogP contribution in [0.3, 0.4) is 0 Å². The molecule has 2 rings (SSSR count). The van der Waals surface area contributed by atoms with Crippen molar-refractivity contribution in [2.24, 2.45) is 0 Å². The molecule has 0 amide bonds. The topological polar surface area (TPSA) is 58.6 Å². The van der Waals surface area contributed by atoms with E-state index in [0.717, 1.165) is 11.3 Å². The summed E-state index contributed by atoms with van der Waals surface area (Å²) in [5.41, 5.74) is 0.801. The van der Waals surface area contributed by atoms with E-state index in [0.29, 0.717) is 12.2 Å². The van der Waals surface area contributed by atoms with E-state index in [1.54, 1.807) is 24.3 Å². The number of aliphatic carboxylic acids is 1. The minimum Gasteiger partial charge on any atom is -0.481 e. The van der Waals surface area contributed by atoms with Gasteiger partial charge in [-0.15, -0.1) is 0 Å². The Morgan fingerprint density at radius 1 is 0.694 bits per heavy atom. The summed E-state index contributed by atoms with van der Waals surface area (Å²) in [4.78, 5) is 11.1. The van der Waals surface area contributed by atoms with Gasteiger partial charge < -0.3 is 15.2 Å². The Hall–Kier alpha value is -2.33. The molecule has 1 unspecified atom stereocenters. The fourth-order valence-electron chi connectivity index (χ4n) is 4.13. The molecule has 0 heterocycles. The molecule has 2 aromatic rings. The Morgan fingerprint density at radius 3 is 1.64 bits per heavy atom. The van der Waals surface area contributed by atoms with Crippen LogP contribution >= 0.6 is 0 Å². The number of hydrogen-bond acceptors (Lipinski definition) is 3. The molecule has 2 N–H and O–H groups in total. The zero-order valence-corrected chi connectivity index (χ0v) is 23.1. The van der Waals surface area contributed by atoms with E-state index < -0.39 is 11.9 Å². The maximum atomic E-state index is 11.1. The molecule has 36 heavy (non-hydrogen) atoms. The van der Waals surface area contributed by atoms with Crippen molar-refractivity contribution in [1.29, 1.82) is 0 Å². The summed E-state index contributed by atoms with van der Waals surface area (Å²) in [6, 6.07) is 16.7. The average Bonchev–Trinajstić information content (AvgIpc) is 2.89. The van der Waals surface area contributed by atoms with Gasteiger partial charge >= 0.3 is 5.97 Å². The molecule has 2 aromatic carbocycles. The Balaban J connectivity index is 0.000000363. The van der Waals surface area contributed by atoms with Crippen LogP contribution in [0.2, 0.25) is 0 Å². The van der Waals surface area contributed by atoms with E-state index in [-0.39, 0.29) is 0 Å². The highest BCUT2D eigenvalue weighted by molar-refractivity contribution is 5.76. The van der Waals surface area contributed by atoms with Crippen molar-refractivity contribution < 1.29 is 14.6 Å². The van der Waals surface area contributed by atoms with Crippen LogP contribution in [0.1, 0.15) is 116 Å². The fourth-order valence-corrected chi connectivity index (χ4v) is 4.13. The van der Waals surface area contributed by atoms with Crippen LogP contribution in [0.4, 0.5) is 0 Å². The summed E-state index contributed by atoms with van der Waals surface area (Å²) in [7, 11) is 0.